The molecule has 2 aromatic carbocycles. The third-order valence-corrected chi connectivity index (χ3v) is 4.01. The molecule has 0 saturated carbocycles. The normalized spacial score (nSPS) is 12.7. The van der Waals surface area contributed by atoms with Gasteiger partial charge in [-0.15, -0.1) is 0 Å². The van der Waals surface area contributed by atoms with Gasteiger partial charge < -0.3 is 15.3 Å². The fourth-order valence-corrected chi connectivity index (χ4v) is 2.78. The predicted octanol–water partition coefficient (Wildman–Crippen LogP) is 3.32. The van der Waals surface area contributed by atoms with Gasteiger partial charge in [-0.2, -0.15) is 0 Å². The number of aromatic nitrogens is 2. The molecule has 1 atom stereocenters. The van der Waals surface area contributed by atoms with Crippen molar-refractivity contribution in [1.82, 2.24) is 15.3 Å². The minimum atomic E-state index is -0.175. The summed E-state index contributed by atoms with van der Waals surface area (Å²) in [6.07, 6.45) is 0. The van der Waals surface area contributed by atoms with E-state index in [1.807, 2.05) is 30.3 Å². The Hall–Kier alpha value is -1.85. The second-order valence-corrected chi connectivity index (χ2v) is 5.84. The van der Waals surface area contributed by atoms with Crippen LogP contribution < -0.4 is 11.0 Å². The Morgan fingerprint density at radius 2 is 1.71 bits per heavy atom. The topological polar surface area (TPSA) is 60.7 Å². The van der Waals surface area contributed by atoms with Gasteiger partial charge in [0.2, 0.25) is 0 Å². The summed E-state index contributed by atoms with van der Waals surface area (Å²) in [5.41, 5.74) is 3.80. The van der Waals surface area contributed by atoms with Crippen molar-refractivity contribution in [1.29, 1.82) is 0 Å². The van der Waals surface area contributed by atoms with Crippen molar-refractivity contribution in [3.05, 3.63) is 68.5 Å². The number of fused-ring (bicyclic) bond motifs is 1. The van der Waals surface area contributed by atoms with Gasteiger partial charge in [-0.05, 0) is 41.9 Å². The van der Waals surface area contributed by atoms with Crippen LogP contribution in [0.1, 0.15) is 24.1 Å². The first-order chi connectivity index (χ1) is 10.2. The van der Waals surface area contributed by atoms with Gasteiger partial charge in [-0.3, -0.25) is 0 Å². The van der Waals surface area contributed by atoms with E-state index >= 15 is 0 Å². The number of aromatic amines is 2. The molecule has 0 spiro atoms. The monoisotopic (exact) mass is 345 g/mol. The van der Waals surface area contributed by atoms with Crippen LogP contribution in [0.2, 0.25) is 0 Å². The van der Waals surface area contributed by atoms with E-state index in [9.17, 15) is 4.79 Å². The van der Waals surface area contributed by atoms with Gasteiger partial charge in [-0.25, -0.2) is 4.79 Å². The first kappa shape index (κ1) is 14.1. The number of benzene rings is 2. The van der Waals surface area contributed by atoms with Crippen molar-refractivity contribution >= 4 is 27.0 Å². The zero-order chi connectivity index (χ0) is 14.8. The molecule has 4 nitrogen and oxygen atoms in total. The van der Waals surface area contributed by atoms with Crippen LogP contribution >= 0.6 is 15.9 Å². The molecule has 0 saturated heterocycles. The smallest absolute Gasteiger partial charge is 0.307 e. The number of H-pyrrole nitrogens is 2. The van der Waals surface area contributed by atoms with Crippen LogP contribution in [0.15, 0.2) is 51.7 Å². The fourth-order valence-electron chi connectivity index (χ4n) is 2.52. The highest BCUT2D eigenvalue weighted by Gasteiger charge is 2.13. The molecule has 0 aliphatic carbocycles. The van der Waals surface area contributed by atoms with Gasteiger partial charge in [0.1, 0.15) is 0 Å². The molecule has 0 aliphatic heterocycles. The van der Waals surface area contributed by atoms with Gasteiger partial charge in [0.05, 0.1) is 17.1 Å². The van der Waals surface area contributed by atoms with Crippen molar-refractivity contribution in [2.75, 3.05) is 6.54 Å². The van der Waals surface area contributed by atoms with E-state index in [1.54, 1.807) is 0 Å². The van der Waals surface area contributed by atoms with Crippen molar-refractivity contribution in [3.63, 3.8) is 0 Å². The Morgan fingerprint density at radius 1 is 1.05 bits per heavy atom. The van der Waals surface area contributed by atoms with Gasteiger partial charge in [0.25, 0.3) is 0 Å². The maximum absolute atomic E-state index is 11.4. The first-order valence-electron chi connectivity index (χ1n) is 6.88. The zero-order valence-corrected chi connectivity index (χ0v) is 13.2. The lowest BCUT2D eigenvalue weighted by Crippen LogP contribution is -2.21. The van der Waals surface area contributed by atoms with Gasteiger partial charge >= 0.3 is 5.69 Å². The van der Waals surface area contributed by atoms with Crippen molar-refractivity contribution in [2.45, 2.75) is 13.0 Å². The molecule has 0 fully saturated rings. The molecular weight excluding hydrogens is 330 g/mol. The molecule has 5 heteroatoms. The lowest BCUT2D eigenvalue weighted by atomic mass is 9.98. The minimum absolute atomic E-state index is 0.103. The quantitative estimate of drug-likeness (QED) is 0.679. The van der Waals surface area contributed by atoms with E-state index in [-0.39, 0.29) is 11.7 Å². The Morgan fingerprint density at radius 3 is 2.43 bits per heavy atom. The van der Waals surface area contributed by atoms with Gasteiger partial charge in [0, 0.05) is 4.47 Å². The summed E-state index contributed by atoms with van der Waals surface area (Å²) in [6.45, 7) is 2.95. The molecule has 3 N–H and O–H groups in total. The summed E-state index contributed by atoms with van der Waals surface area (Å²) in [7, 11) is 0. The van der Waals surface area contributed by atoms with E-state index in [1.165, 1.54) is 5.56 Å². The maximum atomic E-state index is 11.4. The Kier molecular flexibility index (Phi) is 3.94. The third kappa shape index (κ3) is 2.94. The molecule has 3 rings (SSSR count). The van der Waals surface area contributed by atoms with E-state index in [4.69, 9.17) is 0 Å². The average Bonchev–Trinajstić information content (AvgIpc) is 2.85. The zero-order valence-electron chi connectivity index (χ0n) is 11.6. The Bertz CT molecular complexity index is 804. The number of hydrogen-bond donors (Lipinski definition) is 3. The second kappa shape index (κ2) is 5.87. The molecule has 3 aromatic rings. The lowest BCUT2D eigenvalue weighted by Gasteiger charge is -2.19. The standard InChI is InChI=1S/C16H16BrN3O/c1-2-18-15(10-3-6-12(17)7-4-10)11-5-8-13-14(9-11)20-16(21)19-13/h3-9,15,18H,2H2,1H3,(H2,19,20,21). The van der Waals surface area contributed by atoms with Gasteiger partial charge in [0.15, 0.2) is 0 Å². The molecule has 1 heterocycles. The largest absolute Gasteiger partial charge is 0.323 e. The van der Waals surface area contributed by atoms with Crippen LogP contribution in [0.4, 0.5) is 0 Å². The Balaban J connectivity index is 2.05. The first-order valence-corrected chi connectivity index (χ1v) is 7.67. The summed E-state index contributed by atoms with van der Waals surface area (Å²) in [6, 6.07) is 14.4. The number of halogens is 1. The van der Waals surface area contributed by atoms with Crippen LogP contribution in [0.5, 0.6) is 0 Å². The maximum Gasteiger partial charge on any atom is 0.323 e. The summed E-state index contributed by atoms with van der Waals surface area (Å²) >= 11 is 3.46. The molecule has 1 aromatic heterocycles. The number of rotatable bonds is 4. The van der Waals surface area contributed by atoms with E-state index in [0.29, 0.717) is 0 Å². The van der Waals surface area contributed by atoms with E-state index < -0.39 is 0 Å². The Labute approximate surface area is 130 Å². The molecule has 1 unspecified atom stereocenters. The highest BCUT2D eigenvalue weighted by molar-refractivity contribution is 9.10. The minimum Gasteiger partial charge on any atom is -0.307 e. The molecule has 0 bridgehead atoms. The summed E-state index contributed by atoms with van der Waals surface area (Å²) < 4.78 is 1.06. The van der Waals surface area contributed by atoms with Crippen LogP contribution in [0, 0.1) is 0 Å². The van der Waals surface area contributed by atoms with Crippen LogP contribution in [0.25, 0.3) is 11.0 Å². The number of nitrogens with one attached hydrogen (secondary N) is 3. The molecular formula is C16H16BrN3O. The summed E-state index contributed by atoms with van der Waals surface area (Å²) in [5.74, 6) is 0. The van der Waals surface area contributed by atoms with E-state index in [2.05, 4.69) is 50.3 Å². The van der Waals surface area contributed by atoms with Crippen molar-refractivity contribution in [2.24, 2.45) is 0 Å². The highest BCUT2D eigenvalue weighted by atomic mass is 79.9. The third-order valence-electron chi connectivity index (χ3n) is 3.48. The SMILES string of the molecule is CCNC(c1ccc(Br)cc1)c1ccc2[nH]c(=O)[nH]c2c1. The predicted molar refractivity (Wildman–Crippen MR) is 88.6 cm³/mol. The van der Waals surface area contributed by atoms with Crippen LogP contribution in [-0.2, 0) is 0 Å². The lowest BCUT2D eigenvalue weighted by molar-refractivity contribution is 0.631. The molecule has 0 aliphatic rings. The molecule has 21 heavy (non-hydrogen) atoms. The van der Waals surface area contributed by atoms with Crippen LogP contribution in [0.3, 0.4) is 0 Å². The molecule has 0 amide bonds. The fraction of sp³-hybridized carbons (Fsp3) is 0.188. The van der Waals surface area contributed by atoms with Crippen LogP contribution in [-0.4, -0.2) is 16.5 Å². The van der Waals surface area contributed by atoms with Crippen molar-refractivity contribution < 1.29 is 0 Å². The van der Waals surface area contributed by atoms with Gasteiger partial charge in [-0.1, -0.05) is 41.1 Å². The highest BCUT2D eigenvalue weighted by Crippen LogP contribution is 2.25. The molecule has 0 radical (unpaired) electrons. The summed E-state index contributed by atoms with van der Waals surface area (Å²) in [5, 5.41) is 3.49. The van der Waals surface area contributed by atoms with E-state index in [0.717, 1.165) is 27.6 Å². The number of hydrogen-bond acceptors (Lipinski definition) is 2. The average molecular weight is 346 g/mol. The summed E-state index contributed by atoms with van der Waals surface area (Å²) in [4.78, 5) is 16.9. The second-order valence-electron chi connectivity index (χ2n) is 4.93. The van der Waals surface area contributed by atoms with Crippen molar-refractivity contribution in [3.8, 4) is 0 Å². The number of imidazole rings is 1. The molecule has 108 valence electrons.